The number of nitrogens with zero attached hydrogens (tertiary/aromatic N) is 6. The fraction of sp³-hybridized carbons (Fsp3) is 0.190. The molecule has 1 aromatic carbocycles. The zero-order valence-electron chi connectivity index (χ0n) is 17.2. The SMILES string of the molecule is CCS(=O)(=O)c1cnc(-c2ncccn2)nc1-c1ncc(-c2ccc(OC)cc2)n1C. The number of hydrogen-bond donors (Lipinski definition) is 0. The van der Waals surface area contributed by atoms with Crippen LogP contribution < -0.4 is 4.74 Å². The summed E-state index contributed by atoms with van der Waals surface area (Å²) in [7, 11) is -0.175. The molecule has 158 valence electrons. The van der Waals surface area contributed by atoms with Crippen LogP contribution in [0, 0.1) is 0 Å². The van der Waals surface area contributed by atoms with Gasteiger partial charge in [-0.05, 0) is 30.3 Å². The van der Waals surface area contributed by atoms with Crippen LogP contribution in [0.1, 0.15) is 6.92 Å². The van der Waals surface area contributed by atoms with Crippen LogP contribution in [0.5, 0.6) is 5.75 Å². The van der Waals surface area contributed by atoms with Gasteiger partial charge in [-0.2, -0.15) is 0 Å². The van der Waals surface area contributed by atoms with Crippen LogP contribution in [0.3, 0.4) is 0 Å². The topological polar surface area (TPSA) is 113 Å². The summed E-state index contributed by atoms with van der Waals surface area (Å²) in [6, 6.07) is 9.20. The van der Waals surface area contributed by atoms with Crippen molar-refractivity contribution in [3.63, 3.8) is 0 Å². The molecule has 10 heteroatoms. The maximum atomic E-state index is 12.7. The standard InChI is InChI=1S/C21H20N6O3S/c1-4-31(28,29)17-13-24-20(19-22-10-5-11-23-19)26-18(17)21-25-12-16(27(21)2)14-6-8-15(30-3)9-7-14/h5-13H,4H2,1-3H3. The normalized spacial score (nSPS) is 11.5. The summed E-state index contributed by atoms with van der Waals surface area (Å²) in [5.41, 5.74) is 1.91. The smallest absolute Gasteiger partial charge is 0.198 e. The van der Waals surface area contributed by atoms with Crippen LogP contribution in [-0.2, 0) is 16.9 Å². The van der Waals surface area contributed by atoms with E-state index in [0.717, 1.165) is 17.0 Å². The van der Waals surface area contributed by atoms with Gasteiger partial charge in [0.15, 0.2) is 27.3 Å². The summed E-state index contributed by atoms with van der Waals surface area (Å²) >= 11 is 0. The first-order chi connectivity index (χ1) is 14.9. The fourth-order valence-electron chi connectivity index (χ4n) is 3.10. The van der Waals surface area contributed by atoms with Crippen LogP contribution in [0.15, 0.2) is 60.0 Å². The number of imidazole rings is 1. The van der Waals surface area contributed by atoms with Gasteiger partial charge in [0.2, 0.25) is 0 Å². The first-order valence-electron chi connectivity index (χ1n) is 9.48. The Balaban J connectivity index is 1.89. The molecule has 0 saturated heterocycles. The van der Waals surface area contributed by atoms with Crippen molar-refractivity contribution in [1.29, 1.82) is 0 Å². The van der Waals surface area contributed by atoms with Gasteiger partial charge in [-0.15, -0.1) is 0 Å². The molecule has 0 unspecified atom stereocenters. The van der Waals surface area contributed by atoms with Gasteiger partial charge in [0.05, 0.1) is 31.0 Å². The zero-order chi connectivity index (χ0) is 22.0. The molecule has 0 N–H and O–H groups in total. The first kappa shape index (κ1) is 20.6. The molecule has 0 fully saturated rings. The largest absolute Gasteiger partial charge is 0.497 e. The number of benzene rings is 1. The molecule has 0 atom stereocenters. The Hall–Kier alpha value is -3.66. The van der Waals surface area contributed by atoms with Crippen molar-refractivity contribution < 1.29 is 13.2 Å². The monoisotopic (exact) mass is 436 g/mol. The molecule has 0 radical (unpaired) electrons. The van der Waals surface area contributed by atoms with Gasteiger partial charge in [0, 0.05) is 25.0 Å². The molecular weight excluding hydrogens is 416 g/mol. The summed E-state index contributed by atoms with van der Waals surface area (Å²) in [6.07, 6.45) is 6.13. The molecule has 0 saturated carbocycles. The second-order valence-electron chi connectivity index (χ2n) is 6.64. The van der Waals surface area contributed by atoms with Crippen molar-refractivity contribution in [3.8, 4) is 40.2 Å². The molecule has 3 heterocycles. The highest BCUT2D eigenvalue weighted by Crippen LogP contribution is 2.30. The maximum Gasteiger partial charge on any atom is 0.198 e. The van der Waals surface area contributed by atoms with Gasteiger partial charge < -0.3 is 9.30 Å². The van der Waals surface area contributed by atoms with E-state index in [1.54, 1.807) is 43.3 Å². The Bertz CT molecular complexity index is 1320. The van der Waals surface area contributed by atoms with E-state index >= 15 is 0 Å². The Morgan fingerprint density at radius 1 is 0.968 bits per heavy atom. The highest BCUT2D eigenvalue weighted by molar-refractivity contribution is 7.91. The van der Waals surface area contributed by atoms with Crippen molar-refractivity contribution in [2.45, 2.75) is 11.8 Å². The van der Waals surface area contributed by atoms with Crippen molar-refractivity contribution in [3.05, 3.63) is 55.1 Å². The van der Waals surface area contributed by atoms with Crippen molar-refractivity contribution in [2.75, 3.05) is 12.9 Å². The highest BCUT2D eigenvalue weighted by Gasteiger charge is 2.25. The van der Waals surface area contributed by atoms with E-state index in [-0.39, 0.29) is 22.2 Å². The Labute approximate surface area is 179 Å². The van der Waals surface area contributed by atoms with E-state index in [9.17, 15) is 8.42 Å². The van der Waals surface area contributed by atoms with E-state index < -0.39 is 9.84 Å². The van der Waals surface area contributed by atoms with E-state index in [0.29, 0.717) is 11.6 Å². The third-order valence-electron chi connectivity index (χ3n) is 4.82. The zero-order valence-corrected chi connectivity index (χ0v) is 18.0. The molecule has 0 aliphatic heterocycles. The second kappa shape index (κ2) is 8.23. The number of ether oxygens (including phenoxy) is 1. The van der Waals surface area contributed by atoms with Crippen molar-refractivity contribution in [2.24, 2.45) is 7.05 Å². The second-order valence-corrected chi connectivity index (χ2v) is 8.88. The summed E-state index contributed by atoms with van der Waals surface area (Å²) in [6.45, 7) is 1.58. The lowest BCUT2D eigenvalue weighted by molar-refractivity contribution is 0.415. The van der Waals surface area contributed by atoms with E-state index in [1.165, 1.54) is 6.20 Å². The van der Waals surface area contributed by atoms with E-state index in [1.807, 2.05) is 31.3 Å². The lowest BCUT2D eigenvalue weighted by Gasteiger charge is -2.11. The number of rotatable bonds is 6. The predicted molar refractivity (Wildman–Crippen MR) is 115 cm³/mol. The Kier molecular flexibility index (Phi) is 5.47. The number of methoxy groups -OCH3 is 1. The first-order valence-corrected chi connectivity index (χ1v) is 11.1. The quantitative estimate of drug-likeness (QED) is 0.453. The predicted octanol–water partition coefficient (Wildman–Crippen LogP) is 2.80. The lowest BCUT2D eigenvalue weighted by Crippen LogP contribution is -2.11. The van der Waals surface area contributed by atoms with Gasteiger partial charge in [0.25, 0.3) is 0 Å². The lowest BCUT2D eigenvalue weighted by atomic mass is 10.1. The van der Waals surface area contributed by atoms with E-state index in [2.05, 4.69) is 24.9 Å². The van der Waals surface area contributed by atoms with Crippen LogP contribution in [-0.4, -0.2) is 50.8 Å². The average Bonchev–Trinajstić information content (AvgIpc) is 3.20. The van der Waals surface area contributed by atoms with Crippen LogP contribution in [0.4, 0.5) is 0 Å². The summed E-state index contributed by atoms with van der Waals surface area (Å²) in [4.78, 5) is 21.5. The number of aromatic nitrogens is 6. The maximum absolute atomic E-state index is 12.7. The van der Waals surface area contributed by atoms with Crippen LogP contribution >= 0.6 is 0 Å². The summed E-state index contributed by atoms with van der Waals surface area (Å²) < 4.78 is 32.5. The minimum Gasteiger partial charge on any atom is -0.497 e. The fourth-order valence-corrected chi connectivity index (χ4v) is 4.05. The number of sulfone groups is 1. The Morgan fingerprint density at radius 2 is 1.68 bits per heavy atom. The molecule has 9 nitrogen and oxygen atoms in total. The summed E-state index contributed by atoms with van der Waals surface area (Å²) in [5.74, 6) is 1.58. The van der Waals surface area contributed by atoms with Crippen molar-refractivity contribution >= 4 is 9.84 Å². The molecule has 0 spiro atoms. The molecule has 0 amide bonds. The molecule has 3 aromatic heterocycles. The third kappa shape index (κ3) is 3.89. The number of hydrogen-bond acceptors (Lipinski definition) is 8. The third-order valence-corrected chi connectivity index (χ3v) is 6.55. The molecule has 4 aromatic rings. The molecule has 4 rings (SSSR count). The highest BCUT2D eigenvalue weighted by atomic mass is 32.2. The summed E-state index contributed by atoms with van der Waals surface area (Å²) in [5, 5.41) is 0. The van der Waals surface area contributed by atoms with Gasteiger partial charge in [-0.1, -0.05) is 6.92 Å². The minimum atomic E-state index is -3.59. The Morgan fingerprint density at radius 3 is 2.32 bits per heavy atom. The molecule has 0 bridgehead atoms. The van der Waals surface area contributed by atoms with Crippen molar-refractivity contribution in [1.82, 2.24) is 29.5 Å². The average molecular weight is 436 g/mol. The molecule has 0 aliphatic carbocycles. The van der Waals surface area contributed by atoms with E-state index in [4.69, 9.17) is 4.74 Å². The molecular formula is C21H20N6O3S. The van der Waals surface area contributed by atoms with Crippen LogP contribution in [0.2, 0.25) is 0 Å². The molecule has 31 heavy (non-hydrogen) atoms. The van der Waals surface area contributed by atoms with Gasteiger partial charge in [0.1, 0.15) is 16.3 Å². The van der Waals surface area contributed by atoms with Gasteiger partial charge >= 0.3 is 0 Å². The molecule has 0 aliphatic rings. The van der Waals surface area contributed by atoms with Crippen LogP contribution in [0.25, 0.3) is 34.4 Å². The van der Waals surface area contributed by atoms with Gasteiger partial charge in [-0.3, -0.25) is 0 Å². The van der Waals surface area contributed by atoms with Gasteiger partial charge in [-0.25, -0.2) is 33.3 Å². The minimum absolute atomic E-state index is 0.0182.